The van der Waals surface area contributed by atoms with Crippen LogP contribution in [0.25, 0.3) is 0 Å². The average molecular weight is 339 g/mol. The number of halogens is 1. The number of benzene rings is 1. The first kappa shape index (κ1) is 15.5. The number of hydrogen-bond donors (Lipinski definition) is 1. The lowest BCUT2D eigenvalue weighted by Crippen LogP contribution is -2.48. The number of nitrogens with two attached hydrogens (primary N) is 1. The zero-order chi connectivity index (χ0) is 14.7. The Morgan fingerprint density at radius 3 is 2.70 bits per heavy atom. The molecule has 1 aromatic carbocycles. The van der Waals surface area contributed by atoms with E-state index in [9.17, 15) is 4.79 Å². The first-order valence-corrected chi connectivity index (χ1v) is 8.05. The third-order valence-corrected chi connectivity index (χ3v) is 4.77. The van der Waals surface area contributed by atoms with Crippen LogP contribution in [0.4, 0.5) is 0 Å². The van der Waals surface area contributed by atoms with Crippen molar-refractivity contribution in [3.8, 4) is 0 Å². The zero-order valence-electron chi connectivity index (χ0n) is 12.2. The fraction of sp³-hybridized carbons (Fsp3) is 0.562. The van der Waals surface area contributed by atoms with Crippen molar-refractivity contribution in [3.63, 3.8) is 0 Å². The molecule has 0 bridgehead atoms. The zero-order valence-corrected chi connectivity index (χ0v) is 13.8. The first-order valence-electron chi connectivity index (χ1n) is 7.26. The van der Waals surface area contributed by atoms with Crippen LogP contribution in [0.15, 0.2) is 28.7 Å². The highest BCUT2D eigenvalue weighted by atomic mass is 79.9. The highest BCUT2D eigenvalue weighted by molar-refractivity contribution is 9.10. The predicted molar refractivity (Wildman–Crippen MR) is 85.5 cm³/mol. The number of piperidine rings is 1. The second-order valence-corrected chi connectivity index (χ2v) is 6.84. The van der Waals surface area contributed by atoms with Crippen molar-refractivity contribution in [2.24, 2.45) is 11.7 Å². The van der Waals surface area contributed by atoms with Gasteiger partial charge >= 0.3 is 0 Å². The van der Waals surface area contributed by atoms with E-state index in [1.54, 1.807) is 0 Å². The maximum Gasteiger partial charge on any atom is 0.223 e. The van der Waals surface area contributed by atoms with E-state index in [-0.39, 0.29) is 17.9 Å². The summed E-state index contributed by atoms with van der Waals surface area (Å²) in [7, 11) is 0. The number of nitrogens with zero attached hydrogens (tertiary/aromatic N) is 1. The van der Waals surface area contributed by atoms with E-state index in [0.717, 1.165) is 24.0 Å². The van der Waals surface area contributed by atoms with E-state index in [2.05, 4.69) is 41.9 Å². The van der Waals surface area contributed by atoms with Gasteiger partial charge in [0, 0.05) is 30.0 Å². The molecule has 1 fully saturated rings. The first-order chi connectivity index (χ1) is 9.47. The molecule has 1 aliphatic rings. The van der Waals surface area contributed by atoms with Gasteiger partial charge in [0.25, 0.3) is 0 Å². The Bertz CT molecular complexity index is 460. The summed E-state index contributed by atoms with van der Waals surface area (Å²) in [4.78, 5) is 14.4. The van der Waals surface area contributed by atoms with Gasteiger partial charge in [-0.2, -0.15) is 0 Å². The molecule has 0 radical (unpaired) electrons. The van der Waals surface area contributed by atoms with Crippen molar-refractivity contribution in [2.75, 3.05) is 13.1 Å². The van der Waals surface area contributed by atoms with Crippen LogP contribution in [0.1, 0.15) is 38.2 Å². The number of carbonyl (C=O) groups excluding carboxylic acids is 1. The van der Waals surface area contributed by atoms with Crippen LogP contribution < -0.4 is 5.73 Å². The highest BCUT2D eigenvalue weighted by Gasteiger charge is 2.26. The van der Waals surface area contributed by atoms with Crippen LogP contribution in [0.5, 0.6) is 0 Å². The van der Waals surface area contributed by atoms with Crippen LogP contribution in [-0.4, -0.2) is 29.9 Å². The second-order valence-electron chi connectivity index (χ2n) is 5.93. The van der Waals surface area contributed by atoms with Crippen molar-refractivity contribution in [1.29, 1.82) is 0 Å². The molecule has 1 aliphatic heterocycles. The van der Waals surface area contributed by atoms with Crippen LogP contribution in [0.2, 0.25) is 0 Å². The number of hydrogen-bond acceptors (Lipinski definition) is 2. The van der Waals surface area contributed by atoms with Crippen molar-refractivity contribution < 1.29 is 4.79 Å². The normalized spacial score (nSPS) is 24.5. The van der Waals surface area contributed by atoms with Crippen LogP contribution >= 0.6 is 15.9 Å². The van der Waals surface area contributed by atoms with Gasteiger partial charge in [0.05, 0.1) is 0 Å². The molecular weight excluding hydrogens is 316 g/mol. The SMILES string of the molecule is CC(CC(=O)N1CCC(N)C(C)C1)c1ccc(Br)cc1. The van der Waals surface area contributed by atoms with Gasteiger partial charge in [-0.3, -0.25) is 4.79 Å². The third kappa shape index (κ3) is 3.83. The minimum absolute atomic E-state index is 0.239. The molecular formula is C16H23BrN2O. The van der Waals surface area contributed by atoms with Crippen molar-refractivity contribution in [3.05, 3.63) is 34.3 Å². The number of amides is 1. The molecule has 1 amide bonds. The summed E-state index contributed by atoms with van der Waals surface area (Å²) in [6.45, 7) is 5.84. The van der Waals surface area contributed by atoms with Gasteiger partial charge in [-0.15, -0.1) is 0 Å². The van der Waals surface area contributed by atoms with Crippen molar-refractivity contribution >= 4 is 21.8 Å². The van der Waals surface area contributed by atoms with E-state index < -0.39 is 0 Å². The molecule has 1 heterocycles. The summed E-state index contributed by atoms with van der Waals surface area (Å²) in [6, 6.07) is 8.45. The number of likely N-dealkylation sites (tertiary alicyclic amines) is 1. The second kappa shape index (κ2) is 6.72. The Hall–Kier alpha value is -0.870. The van der Waals surface area contributed by atoms with E-state index in [4.69, 9.17) is 5.73 Å². The van der Waals surface area contributed by atoms with E-state index in [1.807, 2.05) is 17.0 Å². The molecule has 1 aromatic rings. The topological polar surface area (TPSA) is 46.3 Å². The van der Waals surface area contributed by atoms with E-state index in [1.165, 1.54) is 5.56 Å². The largest absolute Gasteiger partial charge is 0.342 e. The predicted octanol–water partition coefficient (Wildman–Crippen LogP) is 3.14. The maximum atomic E-state index is 12.4. The Balaban J connectivity index is 1.92. The molecule has 3 nitrogen and oxygen atoms in total. The summed E-state index contributed by atoms with van der Waals surface area (Å²) in [5.74, 6) is 0.899. The summed E-state index contributed by atoms with van der Waals surface area (Å²) in [6.07, 6.45) is 1.49. The minimum Gasteiger partial charge on any atom is -0.342 e. The van der Waals surface area contributed by atoms with Crippen LogP contribution in [-0.2, 0) is 4.79 Å². The molecule has 2 rings (SSSR count). The van der Waals surface area contributed by atoms with E-state index >= 15 is 0 Å². The fourth-order valence-corrected chi connectivity index (χ4v) is 2.95. The summed E-state index contributed by atoms with van der Waals surface area (Å²) >= 11 is 3.43. The molecule has 20 heavy (non-hydrogen) atoms. The molecule has 0 spiro atoms. The van der Waals surface area contributed by atoms with Crippen LogP contribution in [0, 0.1) is 5.92 Å². The Morgan fingerprint density at radius 1 is 1.45 bits per heavy atom. The Morgan fingerprint density at radius 2 is 2.10 bits per heavy atom. The van der Waals surface area contributed by atoms with Gasteiger partial charge in [0.15, 0.2) is 0 Å². The van der Waals surface area contributed by atoms with Gasteiger partial charge < -0.3 is 10.6 Å². The smallest absolute Gasteiger partial charge is 0.223 e. The summed E-state index contributed by atoms with van der Waals surface area (Å²) in [5.41, 5.74) is 7.22. The molecule has 4 heteroatoms. The number of carbonyl (C=O) groups is 1. The van der Waals surface area contributed by atoms with Gasteiger partial charge in [-0.25, -0.2) is 0 Å². The fourth-order valence-electron chi connectivity index (χ4n) is 2.69. The van der Waals surface area contributed by atoms with Crippen molar-refractivity contribution in [1.82, 2.24) is 4.90 Å². The highest BCUT2D eigenvalue weighted by Crippen LogP contribution is 2.23. The molecule has 0 aromatic heterocycles. The van der Waals surface area contributed by atoms with Crippen LogP contribution in [0.3, 0.4) is 0 Å². The minimum atomic E-state index is 0.239. The Labute approximate surface area is 129 Å². The molecule has 3 unspecified atom stereocenters. The third-order valence-electron chi connectivity index (χ3n) is 4.24. The quantitative estimate of drug-likeness (QED) is 0.920. The molecule has 1 saturated heterocycles. The molecule has 0 aliphatic carbocycles. The lowest BCUT2D eigenvalue weighted by Gasteiger charge is -2.35. The van der Waals surface area contributed by atoms with Gasteiger partial charge in [-0.05, 0) is 36.0 Å². The standard InChI is InChI=1S/C16H23BrN2O/c1-11(13-3-5-14(17)6-4-13)9-16(20)19-8-7-15(18)12(2)10-19/h3-6,11-12,15H,7-10,18H2,1-2H3. The van der Waals surface area contributed by atoms with Gasteiger partial charge in [-0.1, -0.05) is 41.9 Å². The maximum absolute atomic E-state index is 12.4. The lowest BCUT2D eigenvalue weighted by molar-refractivity contribution is -0.133. The number of rotatable bonds is 3. The van der Waals surface area contributed by atoms with Crippen molar-refractivity contribution in [2.45, 2.75) is 38.6 Å². The molecule has 3 atom stereocenters. The summed E-state index contributed by atoms with van der Waals surface area (Å²) < 4.78 is 1.07. The Kier molecular flexibility index (Phi) is 5.22. The van der Waals surface area contributed by atoms with E-state index in [0.29, 0.717) is 12.3 Å². The molecule has 2 N–H and O–H groups in total. The molecule has 0 saturated carbocycles. The monoisotopic (exact) mass is 338 g/mol. The van der Waals surface area contributed by atoms with Gasteiger partial charge in [0.1, 0.15) is 0 Å². The summed E-state index contributed by atoms with van der Waals surface area (Å²) in [5, 5.41) is 0. The average Bonchev–Trinajstić information content (AvgIpc) is 2.42. The lowest BCUT2D eigenvalue weighted by atomic mass is 9.93. The van der Waals surface area contributed by atoms with Gasteiger partial charge in [0.2, 0.25) is 5.91 Å². The molecule has 110 valence electrons.